The van der Waals surface area contributed by atoms with Crippen molar-refractivity contribution in [2.75, 3.05) is 20.0 Å². The summed E-state index contributed by atoms with van der Waals surface area (Å²) in [6, 6.07) is 9.70. The summed E-state index contributed by atoms with van der Waals surface area (Å²) >= 11 is 0. The van der Waals surface area contributed by atoms with Crippen molar-refractivity contribution < 1.29 is 29.0 Å². The molecule has 0 radical (unpaired) electrons. The summed E-state index contributed by atoms with van der Waals surface area (Å²) in [7, 11) is 0. The van der Waals surface area contributed by atoms with Crippen LogP contribution in [0, 0.1) is 5.92 Å². The number of amides is 2. The van der Waals surface area contributed by atoms with Crippen LogP contribution in [0.4, 0.5) is 0 Å². The maximum atomic E-state index is 12.6. The van der Waals surface area contributed by atoms with E-state index in [4.69, 9.17) is 19.4 Å². The van der Waals surface area contributed by atoms with Crippen LogP contribution < -0.4 is 15.5 Å². The molecular weight excluding hydrogens is 390 g/mol. The molecule has 0 aliphatic carbocycles. The van der Waals surface area contributed by atoms with Crippen molar-refractivity contribution in [1.82, 2.24) is 15.8 Å². The number of hydrogen-bond acceptors (Lipinski definition) is 7. The van der Waals surface area contributed by atoms with Gasteiger partial charge < -0.3 is 19.5 Å². The minimum absolute atomic E-state index is 0.0878. The largest absolute Gasteiger partial charge is 0.457 e. The smallest absolute Gasteiger partial charge is 0.251 e. The minimum atomic E-state index is -0.531. The molecule has 2 atom stereocenters. The van der Waals surface area contributed by atoms with E-state index in [-0.39, 0.29) is 25.7 Å². The lowest BCUT2D eigenvalue weighted by atomic mass is 10.0. The summed E-state index contributed by atoms with van der Waals surface area (Å²) < 4.78 is 16.2. The van der Waals surface area contributed by atoms with Crippen molar-refractivity contribution in [1.29, 1.82) is 0 Å². The number of carbonyl (C=O) groups excluding carboxylic acids is 2. The number of rotatable bonds is 12. The molecule has 0 saturated carbocycles. The van der Waals surface area contributed by atoms with Crippen LogP contribution in [-0.4, -0.2) is 48.1 Å². The summed E-state index contributed by atoms with van der Waals surface area (Å²) in [5.41, 5.74) is 2.06. The third-order valence-corrected chi connectivity index (χ3v) is 4.22. The molecule has 0 spiro atoms. The highest BCUT2D eigenvalue weighted by Gasteiger charge is 2.21. The van der Waals surface area contributed by atoms with Crippen molar-refractivity contribution in [2.24, 2.45) is 5.92 Å². The second-order valence-corrected chi connectivity index (χ2v) is 6.57. The van der Waals surface area contributed by atoms with Gasteiger partial charge in [0.25, 0.3) is 5.91 Å². The number of benzene rings is 1. The van der Waals surface area contributed by atoms with E-state index in [1.165, 1.54) is 0 Å². The molecule has 0 aliphatic rings. The van der Waals surface area contributed by atoms with E-state index in [0.29, 0.717) is 23.7 Å². The highest BCUT2D eigenvalue weighted by Crippen LogP contribution is 2.20. The van der Waals surface area contributed by atoms with Gasteiger partial charge in [-0.25, -0.2) is 5.48 Å². The van der Waals surface area contributed by atoms with Crippen LogP contribution in [-0.2, 0) is 14.3 Å². The molecule has 9 nitrogen and oxygen atoms in total. The van der Waals surface area contributed by atoms with Crippen LogP contribution in [0.5, 0.6) is 11.5 Å². The monoisotopic (exact) mass is 417 g/mol. The lowest BCUT2D eigenvalue weighted by Gasteiger charge is -2.21. The fraction of sp³-hybridized carbons (Fsp3) is 0.381. The summed E-state index contributed by atoms with van der Waals surface area (Å²) in [5.74, 6) is -0.136. The van der Waals surface area contributed by atoms with E-state index in [9.17, 15) is 9.59 Å². The van der Waals surface area contributed by atoms with E-state index < -0.39 is 17.9 Å². The van der Waals surface area contributed by atoms with E-state index in [1.54, 1.807) is 61.2 Å². The standard InChI is InChI=1S/C21H27N3O6/c1-3-28-14-29-13-17(12-15(2)20(25)24-27)23-21(26)16-4-6-18(7-5-16)30-19-8-10-22-11-9-19/h4-11,15,17,27H,3,12-14H2,1-2H3,(H,23,26)(H,24,25). The molecule has 2 unspecified atom stereocenters. The minimum Gasteiger partial charge on any atom is -0.457 e. The topological polar surface area (TPSA) is 119 Å². The molecule has 0 fully saturated rings. The van der Waals surface area contributed by atoms with Gasteiger partial charge in [-0.15, -0.1) is 0 Å². The van der Waals surface area contributed by atoms with E-state index in [0.717, 1.165) is 0 Å². The van der Waals surface area contributed by atoms with Gasteiger partial charge in [0.15, 0.2) is 0 Å². The fourth-order valence-corrected chi connectivity index (χ4v) is 2.63. The average Bonchev–Trinajstić information content (AvgIpc) is 2.77. The Balaban J connectivity index is 1.97. The number of pyridine rings is 1. The highest BCUT2D eigenvalue weighted by atomic mass is 16.7. The number of ether oxygens (including phenoxy) is 3. The summed E-state index contributed by atoms with van der Waals surface area (Å²) in [6.45, 7) is 4.26. The fourth-order valence-electron chi connectivity index (χ4n) is 2.63. The molecule has 30 heavy (non-hydrogen) atoms. The van der Waals surface area contributed by atoms with Gasteiger partial charge >= 0.3 is 0 Å². The number of carbonyl (C=O) groups is 2. The van der Waals surface area contributed by atoms with Gasteiger partial charge in [0.05, 0.1) is 12.6 Å². The second kappa shape index (κ2) is 12.5. The van der Waals surface area contributed by atoms with Crippen LogP contribution in [0.15, 0.2) is 48.8 Å². The zero-order chi connectivity index (χ0) is 21.8. The van der Waals surface area contributed by atoms with Crippen molar-refractivity contribution in [3.05, 3.63) is 54.4 Å². The Labute approximate surface area is 175 Å². The van der Waals surface area contributed by atoms with Crippen molar-refractivity contribution >= 4 is 11.8 Å². The average molecular weight is 417 g/mol. The molecule has 9 heteroatoms. The van der Waals surface area contributed by atoms with Gasteiger partial charge in [0.2, 0.25) is 5.91 Å². The Morgan fingerprint density at radius 1 is 1.07 bits per heavy atom. The van der Waals surface area contributed by atoms with Crippen molar-refractivity contribution in [2.45, 2.75) is 26.3 Å². The Morgan fingerprint density at radius 3 is 2.37 bits per heavy atom. The lowest BCUT2D eigenvalue weighted by Crippen LogP contribution is -2.41. The molecule has 0 aliphatic heterocycles. The maximum Gasteiger partial charge on any atom is 0.251 e. The lowest BCUT2D eigenvalue weighted by molar-refractivity contribution is -0.133. The predicted molar refractivity (Wildman–Crippen MR) is 108 cm³/mol. The molecule has 2 aromatic rings. The first-order valence-corrected chi connectivity index (χ1v) is 9.61. The molecule has 3 N–H and O–H groups in total. The quantitative estimate of drug-likeness (QED) is 0.210. The van der Waals surface area contributed by atoms with Crippen molar-refractivity contribution in [3.63, 3.8) is 0 Å². The normalized spacial score (nSPS) is 12.6. The van der Waals surface area contributed by atoms with Crippen molar-refractivity contribution in [3.8, 4) is 11.5 Å². The number of hydroxylamine groups is 1. The molecule has 0 bridgehead atoms. The predicted octanol–water partition coefficient (Wildman–Crippen LogP) is 2.51. The Kier molecular flexibility index (Phi) is 9.72. The maximum absolute atomic E-state index is 12.6. The zero-order valence-corrected chi connectivity index (χ0v) is 17.0. The van der Waals surface area contributed by atoms with E-state index in [1.807, 2.05) is 6.92 Å². The molecule has 1 heterocycles. The summed E-state index contributed by atoms with van der Waals surface area (Å²) in [6.07, 6.45) is 3.54. The van der Waals surface area contributed by atoms with Gasteiger partial charge in [-0.1, -0.05) is 6.92 Å². The molecule has 1 aromatic heterocycles. The molecule has 162 valence electrons. The summed E-state index contributed by atoms with van der Waals surface area (Å²) in [4.78, 5) is 28.2. The first-order valence-electron chi connectivity index (χ1n) is 9.61. The van der Waals surface area contributed by atoms with Crippen LogP contribution in [0.1, 0.15) is 30.6 Å². The Morgan fingerprint density at radius 2 is 1.73 bits per heavy atom. The number of hydrogen-bond donors (Lipinski definition) is 3. The van der Waals surface area contributed by atoms with Gasteiger partial charge in [-0.05, 0) is 49.7 Å². The first kappa shape index (κ1) is 23.3. The molecular formula is C21H27N3O6. The van der Waals surface area contributed by atoms with Crippen LogP contribution in [0.25, 0.3) is 0 Å². The van der Waals surface area contributed by atoms with Crippen LogP contribution in [0.3, 0.4) is 0 Å². The van der Waals surface area contributed by atoms with E-state index >= 15 is 0 Å². The number of nitrogens with one attached hydrogen (secondary N) is 2. The first-order chi connectivity index (χ1) is 14.5. The molecule has 2 amide bonds. The number of aromatic nitrogens is 1. The third kappa shape index (κ3) is 7.78. The van der Waals surface area contributed by atoms with Gasteiger partial charge in [0.1, 0.15) is 18.3 Å². The molecule has 2 rings (SSSR count). The van der Waals surface area contributed by atoms with Crippen LogP contribution >= 0.6 is 0 Å². The summed E-state index contributed by atoms with van der Waals surface area (Å²) in [5, 5.41) is 11.7. The molecule has 0 saturated heterocycles. The van der Waals surface area contributed by atoms with Gasteiger partial charge in [-0.2, -0.15) is 0 Å². The molecule has 1 aromatic carbocycles. The second-order valence-electron chi connectivity index (χ2n) is 6.57. The Hall–Kier alpha value is -3.01. The SMILES string of the molecule is CCOCOCC(CC(C)C(=O)NO)NC(=O)c1ccc(Oc2ccncc2)cc1. The zero-order valence-electron chi connectivity index (χ0n) is 17.0. The number of nitrogens with zero attached hydrogens (tertiary/aromatic N) is 1. The third-order valence-electron chi connectivity index (χ3n) is 4.22. The van der Waals surface area contributed by atoms with Gasteiger partial charge in [0, 0.05) is 30.5 Å². The van der Waals surface area contributed by atoms with Crippen LogP contribution in [0.2, 0.25) is 0 Å². The van der Waals surface area contributed by atoms with E-state index in [2.05, 4.69) is 10.3 Å². The Bertz CT molecular complexity index is 785. The van der Waals surface area contributed by atoms with Gasteiger partial charge in [-0.3, -0.25) is 19.8 Å². The highest BCUT2D eigenvalue weighted by molar-refractivity contribution is 5.94.